The van der Waals surface area contributed by atoms with Gasteiger partial charge < -0.3 is 15.6 Å². The average molecular weight is 299 g/mol. The largest absolute Gasteiger partial charge is 0.365 e. The number of fused-ring (bicyclic) bond motifs is 1. The van der Waals surface area contributed by atoms with Gasteiger partial charge in [0.15, 0.2) is 0 Å². The van der Waals surface area contributed by atoms with E-state index in [2.05, 4.69) is 31.8 Å². The number of nitrogens with one attached hydrogen (secondary N) is 3. The number of H-pyrrole nitrogens is 1. The molecule has 22 heavy (non-hydrogen) atoms. The maximum absolute atomic E-state index is 4.54. The van der Waals surface area contributed by atoms with Crippen molar-refractivity contribution < 1.29 is 0 Å². The maximum Gasteiger partial charge on any atom is 0.143 e. The van der Waals surface area contributed by atoms with Crippen LogP contribution in [-0.4, -0.2) is 34.1 Å². The van der Waals surface area contributed by atoms with E-state index in [-0.39, 0.29) is 0 Å². The predicted octanol–water partition coefficient (Wildman–Crippen LogP) is 2.85. The monoisotopic (exact) mass is 299 g/mol. The molecule has 3 heterocycles. The van der Waals surface area contributed by atoms with Gasteiger partial charge in [-0.15, -0.1) is 0 Å². The molecule has 2 aliphatic rings. The number of aromatic nitrogens is 3. The summed E-state index contributed by atoms with van der Waals surface area (Å²) >= 11 is 0. The second kappa shape index (κ2) is 6.24. The molecule has 0 bridgehead atoms. The number of nitrogens with zero attached hydrogens (tertiary/aromatic N) is 2. The molecule has 5 heteroatoms. The highest BCUT2D eigenvalue weighted by atomic mass is 15.1. The van der Waals surface area contributed by atoms with Crippen LogP contribution < -0.4 is 10.6 Å². The summed E-state index contributed by atoms with van der Waals surface area (Å²) in [4.78, 5) is 12.3. The molecule has 1 unspecified atom stereocenters. The zero-order valence-corrected chi connectivity index (χ0v) is 13.1. The third-order valence-electron chi connectivity index (χ3n) is 5.17. The summed E-state index contributed by atoms with van der Waals surface area (Å²) in [5, 5.41) is 8.31. The predicted molar refractivity (Wildman–Crippen MR) is 89.1 cm³/mol. The molecule has 2 aromatic rings. The van der Waals surface area contributed by atoms with Crippen LogP contribution in [0.1, 0.15) is 44.1 Å². The van der Waals surface area contributed by atoms with Gasteiger partial charge in [-0.1, -0.05) is 25.7 Å². The van der Waals surface area contributed by atoms with Gasteiger partial charge in [-0.25, -0.2) is 9.97 Å². The van der Waals surface area contributed by atoms with E-state index < -0.39 is 0 Å². The zero-order chi connectivity index (χ0) is 14.8. The Labute approximate surface area is 131 Å². The quantitative estimate of drug-likeness (QED) is 0.812. The van der Waals surface area contributed by atoms with E-state index >= 15 is 0 Å². The second-order valence-electron chi connectivity index (χ2n) is 6.80. The Morgan fingerprint density at radius 3 is 2.86 bits per heavy atom. The number of anilines is 1. The van der Waals surface area contributed by atoms with Gasteiger partial charge in [-0.2, -0.15) is 0 Å². The van der Waals surface area contributed by atoms with Gasteiger partial charge >= 0.3 is 0 Å². The molecule has 5 nitrogen and oxygen atoms in total. The Kier molecular flexibility index (Phi) is 3.97. The van der Waals surface area contributed by atoms with Crippen molar-refractivity contribution in [3.63, 3.8) is 0 Å². The molecule has 118 valence electrons. The number of hydrogen-bond donors (Lipinski definition) is 3. The van der Waals surface area contributed by atoms with Crippen molar-refractivity contribution >= 4 is 16.9 Å². The molecule has 1 aliphatic heterocycles. The Hall–Kier alpha value is -1.62. The van der Waals surface area contributed by atoms with Crippen molar-refractivity contribution in [2.24, 2.45) is 5.92 Å². The first-order valence-corrected chi connectivity index (χ1v) is 8.68. The first-order valence-electron chi connectivity index (χ1n) is 8.68. The molecule has 0 amide bonds. The molecule has 1 saturated carbocycles. The lowest BCUT2D eigenvalue weighted by atomic mass is 9.98. The van der Waals surface area contributed by atoms with Crippen LogP contribution in [0, 0.1) is 5.92 Å². The Morgan fingerprint density at radius 1 is 1.14 bits per heavy atom. The van der Waals surface area contributed by atoms with Crippen LogP contribution in [0.3, 0.4) is 0 Å². The molecular weight excluding hydrogens is 274 g/mol. The standard InChI is InChI=1S/C17H25N5/c1-2-5-12(4-1)8-13-9-19-16-15(13)17(21-11-20-16)22-14-6-3-7-18-10-14/h9,11-12,14,18H,1-8,10H2,(H2,19,20,21,22). The highest BCUT2D eigenvalue weighted by Gasteiger charge is 2.20. The van der Waals surface area contributed by atoms with Gasteiger partial charge in [0.2, 0.25) is 0 Å². The summed E-state index contributed by atoms with van der Waals surface area (Å²) in [6.07, 6.45) is 12.9. The topological polar surface area (TPSA) is 65.6 Å². The highest BCUT2D eigenvalue weighted by Crippen LogP contribution is 2.32. The van der Waals surface area contributed by atoms with E-state index in [1.54, 1.807) is 6.33 Å². The van der Waals surface area contributed by atoms with Gasteiger partial charge in [0, 0.05) is 18.8 Å². The van der Waals surface area contributed by atoms with E-state index in [0.29, 0.717) is 6.04 Å². The van der Waals surface area contributed by atoms with E-state index in [0.717, 1.165) is 36.9 Å². The third-order valence-corrected chi connectivity index (χ3v) is 5.17. The average Bonchev–Trinajstić information content (AvgIpc) is 3.20. The minimum absolute atomic E-state index is 0.473. The Balaban J connectivity index is 1.60. The lowest BCUT2D eigenvalue weighted by Gasteiger charge is -2.24. The van der Waals surface area contributed by atoms with Crippen LogP contribution in [0.2, 0.25) is 0 Å². The van der Waals surface area contributed by atoms with Gasteiger partial charge in [0.05, 0.1) is 5.39 Å². The molecule has 4 rings (SSSR count). The molecule has 0 spiro atoms. The van der Waals surface area contributed by atoms with Crippen LogP contribution in [0.4, 0.5) is 5.82 Å². The normalized spacial score (nSPS) is 23.2. The fourth-order valence-electron chi connectivity index (χ4n) is 3.99. The number of piperidine rings is 1. The summed E-state index contributed by atoms with van der Waals surface area (Å²) < 4.78 is 0. The molecule has 1 atom stereocenters. The molecular formula is C17H25N5. The lowest BCUT2D eigenvalue weighted by molar-refractivity contribution is 0.479. The van der Waals surface area contributed by atoms with Gasteiger partial charge in [0.25, 0.3) is 0 Å². The lowest BCUT2D eigenvalue weighted by Crippen LogP contribution is -2.38. The van der Waals surface area contributed by atoms with Crippen molar-refractivity contribution in [1.82, 2.24) is 20.3 Å². The van der Waals surface area contributed by atoms with Crippen molar-refractivity contribution in [3.8, 4) is 0 Å². The number of rotatable bonds is 4. The van der Waals surface area contributed by atoms with Crippen molar-refractivity contribution in [2.75, 3.05) is 18.4 Å². The molecule has 2 fully saturated rings. The summed E-state index contributed by atoms with van der Waals surface area (Å²) in [6.45, 7) is 2.16. The van der Waals surface area contributed by atoms with Gasteiger partial charge in [-0.3, -0.25) is 0 Å². The van der Waals surface area contributed by atoms with Gasteiger partial charge in [-0.05, 0) is 37.3 Å². The summed E-state index contributed by atoms with van der Waals surface area (Å²) in [7, 11) is 0. The first kappa shape index (κ1) is 14.0. The molecule has 2 aromatic heterocycles. The molecule has 1 aliphatic carbocycles. The SMILES string of the molecule is c1nc(NC2CCCNC2)c2c(CC3CCCC3)c[nH]c2n1. The smallest absolute Gasteiger partial charge is 0.143 e. The van der Waals surface area contributed by atoms with Crippen LogP contribution in [0.25, 0.3) is 11.0 Å². The fraction of sp³-hybridized carbons (Fsp3) is 0.647. The van der Waals surface area contributed by atoms with Crippen LogP contribution in [-0.2, 0) is 6.42 Å². The molecule has 1 saturated heterocycles. The van der Waals surface area contributed by atoms with Crippen molar-refractivity contribution in [1.29, 1.82) is 0 Å². The number of hydrogen-bond acceptors (Lipinski definition) is 4. The Bertz CT molecular complexity index is 623. The summed E-state index contributed by atoms with van der Waals surface area (Å²) in [6, 6.07) is 0.473. The number of aromatic amines is 1. The summed E-state index contributed by atoms with van der Waals surface area (Å²) in [5.74, 6) is 1.84. The van der Waals surface area contributed by atoms with Gasteiger partial charge in [0.1, 0.15) is 17.8 Å². The minimum atomic E-state index is 0.473. The highest BCUT2D eigenvalue weighted by molar-refractivity contribution is 5.90. The van der Waals surface area contributed by atoms with E-state index in [4.69, 9.17) is 0 Å². The third kappa shape index (κ3) is 2.82. The second-order valence-corrected chi connectivity index (χ2v) is 6.80. The maximum atomic E-state index is 4.54. The Morgan fingerprint density at radius 2 is 2.05 bits per heavy atom. The fourth-order valence-corrected chi connectivity index (χ4v) is 3.99. The summed E-state index contributed by atoms with van der Waals surface area (Å²) in [5.41, 5.74) is 2.35. The first-order chi connectivity index (χ1) is 10.9. The molecule has 0 radical (unpaired) electrons. The van der Waals surface area contributed by atoms with E-state index in [1.165, 1.54) is 49.5 Å². The van der Waals surface area contributed by atoms with Crippen molar-refractivity contribution in [2.45, 2.75) is 51.0 Å². The van der Waals surface area contributed by atoms with Crippen LogP contribution in [0.5, 0.6) is 0 Å². The molecule has 0 aromatic carbocycles. The van der Waals surface area contributed by atoms with E-state index in [1.807, 2.05) is 0 Å². The molecule has 3 N–H and O–H groups in total. The van der Waals surface area contributed by atoms with Crippen molar-refractivity contribution in [3.05, 3.63) is 18.1 Å². The minimum Gasteiger partial charge on any atom is -0.365 e. The van der Waals surface area contributed by atoms with Crippen LogP contribution in [0.15, 0.2) is 12.5 Å². The van der Waals surface area contributed by atoms with E-state index in [9.17, 15) is 0 Å². The zero-order valence-electron chi connectivity index (χ0n) is 13.1. The van der Waals surface area contributed by atoms with Crippen LogP contribution >= 0.6 is 0 Å².